The number of benzene rings is 1. The molecule has 1 rings (SSSR count). The van der Waals surface area contributed by atoms with Crippen molar-refractivity contribution < 1.29 is 14.2 Å². The normalized spacial score (nSPS) is 12.8. The number of halogens is 2. The SMILES string of the molecule is CCOCCC(O)Cc1cccc(F)c1Br. The second-order valence-electron chi connectivity index (χ2n) is 3.56. The summed E-state index contributed by atoms with van der Waals surface area (Å²) >= 11 is 3.17. The Kier molecular flexibility index (Phi) is 5.95. The summed E-state index contributed by atoms with van der Waals surface area (Å²) < 4.78 is 18.8. The molecule has 0 spiro atoms. The predicted molar refractivity (Wildman–Crippen MR) is 64.9 cm³/mol. The van der Waals surface area contributed by atoms with E-state index in [1.165, 1.54) is 6.07 Å². The molecule has 0 bridgehead atoms. The van der Waals surface area contributed by atoms with Crippen molar-refractivity contribution in [1.29, 1.82) is 0 Å². The first kappa shape index (κ1) is 13.6. The molecule has 0 aliphatic carbocycles. The predicted octanol–water partition coefficient (Wildman–Crippen LogP) is 2.92. The van der Waals surface area contributed by atoms with Crippen molar-refractivity contribution in [2.75, 3.05) is 13.2 Å². The van der Waals surface area contributed by atoms with Crippen molar-refractivity contribution in [3.8, 4) is 0 Å². The minimum Gasteiger partial charge on any atom is -0.393 e. The van der Waals surface area contributed by atoms with Gasteiger partial charge in [-0.1, -0.05) is 12.1 Å². The zero-order valence-corrected chi connectivity index (χ0v) is 10.8. The summed E-state index contributed by atoms with van der Waals surface area (Å²) in [5.74, 6) is -0.297. The third kappa shape index (κ3) is 4.20. The van der Waals surface area contributed by atoms with E-state index in [0.29, 0.717) is 30.5 Å². The first-order valence-corrected chi connectivity index (χ1v) is 6.13. The number of hydrogen-bond donors (Lipinski definition) is 1. The maximum Gasteiger partial charge on any atom is 0.137 e. The number of aliphatic hydroxyl groups is 1. The summed E-state index contributed by atoms with van der Waals surface area (Å²) in [5, 5.41) is 9.72. The molecule has 0 radical (unpaired) electrons. The Hall–Kier alpha value is -0.450. The van der Waals surface area contributed by atoms with Crippen LogP contribution >= 0.6 is 15.9 Å². The second-order valence-corrected chi connectivity index (χ2v) is 4.35. The van der Waals surface area contributed by atoms with Crippen molar-refractivity contribution in [2.45, 2.75) is 25.9 Å². The summed E-state index contributed by atoms with van der Waals surface area (Å²) in [6.45, 7) is 3.09. The van der Waals surface area contributed by atoms with Gasteiger partial charge in [-0.3, -0.25) is 0 Å². The zero-order valence-electron chi connectivity index (χ0n) is 9.25. The van der Waals surface area contributed by atoms with Crippen molar-refractivity contribution in [2.24, 2.45) is 0 Å². The van der Waals surface area contributed by atoms with Crippen molar-refractivity contribution in [1.82, 2.24) is 0 Å². The number of rotatable bonds is 6. The molecule has 90 valence electrons. The molecule has 4 heteroatoms. The lowest BCUT2D eigenvalue weighted by molar-refractivity contribution is 0.0886. The van der Waals surface area contributed by atoms with Gasteiger partial charge in [-0.15, -0.1) is 0 Å². The standard InChI is InChI=1S/C12H16BrFO2/c1-2-16-7-6-10(15)8-9-4-3-5-11(14)12(9)13/h3-5,10,15H,2,6-8H2,1H3. The van der Waals surface area contributed by atoms with Crippen LogP contribution in [0.1, 0.15) is 18.9 Å². The van der Waals surface area contributed by atoms with E-state index in [4.69, 9.17) is 4.74 Å². The molecule has 0 aliphatic rings. The average Bonchev–Trinajstić information content (AvgIpc) is 2.25. The minimum absolute atomic E-state index is 0.297. The molecule has 1 aromatic carbocycles. The molecule has 1 N–H and O–H groups in total. The fourth-order valence-electron chi connectivity index (χ4n) is 1.43. The van der Waals surface area contributed by atoms with E-state index in [1.807, 2.05) is 6.92 Å². The van der Waals surface area contributed by atoms with Crippen LogP contribution in [0.15, 0.2) is 22.7 Å². The van der Waals surface area contributed by atoms with Crippen molar-refractivity contribution in [3.63, 3.8) is 0 Å². The van der Waals surface area contributed by atoms with Gasteiger partial charge in [0.15, 0.2) is 0 Å². The van der Waals surface area contributed by atoms with E-state index in [9.17, 15) is 9.50 Å². The van der Waals surface area contributed by atoms with Gasteiger partial charge in [0.2, 0.25) is 0 Å². The van der Waals surface area contributed by atoms with Crippen LogP contribution in [0.25, 0.3) is 0 Å². The molecule has 1 unspecified atom stereocenters. The summed E-state index contributed by atoms with van der Waals surface area (Å²) in [5.41, 5.74) is 0.781. The van der Waals surface area contributed by atoms with Crippen molar-refractivity contribution in [3.05, 3.63) is 34.1 Å². The van der Waals surface area contributed by atoms with Crippen LogP contribution in [-0.2, 0) is 11.2 Å². The molecule has 0 aromatic heterocycles. The van der Waals surface area contributed by atoms with Gasteiger partial charge in [-0.2, -0.15) is 0 Å². The Morgan fingerprint density at radius 1 is 1.50 bits per heavy atom. The van der Waals surface area contributed by atoms with Crippen LogP contribution in [0.2, 0.25) is 0 Å². The highest BCUT2D eigenvalue weighted by molar-refractivity contribution is 9.10. The zero-order chi connectivity index (χ0) is 12.0. The van der Waals surface area contributed by atoms with Crippen LogP contribution in [0.4, 0.5) is 4.39 Å². The Morgan fingerprint density at radius 2 is 2.25 bits per heavy atom. The maximum atomic E-state index is 13.2. The van der Waals surface area contributed by atoms with Gasteiger partial charge in [-0.05, 0) is 47.3 Å². The highest BCUT2D eigenvalue weighted by Gasteiger charge is 2.10. The fourth-order valence-corrected chi connectivity index (χ4v) is 1.85. The van der Waals surface area contributed by atoms with Gasteiger partial charge in [-0.25, -0.2) is 4.39 Å². The lowest BCUT2D eigenvalue weighted by Gasteiger charge is -2.12. The lowest BCUT2D eigenvalue weighted by Crippen LogP contribution is -2.14. The highest BCUT2D eigenvalue weighted by atomic mass is 79.9. The summed E-state index contributed by atoms with van der Waals surface area (Å²) in [7, 11) is 0. The van der Waals surface area contributed by atoms with E-state index in [0.717, 1.165) is 5.56 Å². The number of ether oxygens (including phenoxy) is 1. The van der Waals surface area contributed by atoms with Crippen LogP contribution < -0.4 is 0 Å². The van der Waals surface area contributed by atoms with E-state index in [2.05, 4.69) is 15.9 Å². The van der Waals surface area contributed by atoms with Crippen molar-refractivity contribution >= 4 is 15.9 Å². The summed E-state index contributed by atoms with van der Waals surface area (Å²) in [4.78, 5) is 0. The molecule has 0 saturated carbocycles. The molecule has 0 aliphatic heterocycles. The average molecular weight is 291 g/mol. The third-order valence-electron chi connectivity index (χ3n) is 2.29. The van der Waals surface area contributed by atoms with E-state index in [1.54, 1.807) is 12.1 Å². The molecule has 0 heterocycles. The molecular weight excluding hydrogens is 275 g/mol. The third-order valence-corrected chi connectivity index (χ3v) is 3.17. The second kappa shape index (κ2) is 6.99. The highest BCUT2D eigenvalue weighted by Crippen LogP contribution is 2.22. The van der Waals surface area contributed by atoms with E-state index < -0.39 is 6.10 Å². The molecule has 0 amide bonds. The Labute approximate surface area is 104 Å². The molecule has 0 saturated heterocycles. The minimum atomic E-state index is -0.496. The first-order valence-electron chi connectivity index (χ1n) is 5.33. The lowest BCUT2D eigenvalue weighted by atomic mass is 10.1. The van der Waals surface area contributed by atoms with Crippen LogP contribution in [0.3, 0.4) is 0 Å². The topological polar surface area (TPSA) is 29.5 Å². The van der Waals surface area contributed by atoms with Gasteiger partial charge in [0.05, 0.1) is 10.6 Å². The van der Waals surface area contributed by atoms with E-state index in [-0.39, 0.29) is 5.82 Å². The van der Waals surface area contributed by atoms with Gasteiger partial charge in [0.1, 0.15) is 5.82 Å². The Morgan fingerprint density at radius 3 is 2.94 bits per heavy atom. The van der Waals surface area contributed by atoms with E-state index >= 15 is 0 Å². The summed E-state index contributed by atoms with van der Waals surface area (Å²) in [6.07, 6.45) is 0.506. The van der Waals surface area contributed by atoms with Gasteiger partial charge >= 0.3 is 0 Å². The molecule has 2 nitrogen and oxygen atoms in total. The van der Waals surface area contributed by atoms with Gasteiger partial charge in [0.25, 0.3) is 0 Å². The number of aliphatic hydroxyl groups excluding tert-OH is 1. The Balaban J connectivity index is 2.49. The summed E-state index contributed by atoms with van der Waals surface area (Å²) in [6, 6.07) is 4.84. The van der Waals surface area contributed by atoms with Crippen LogP contribution in [0, 0.1) is 5.82 Å². The molecular formula is C12H16BrFO2. The first-order chi connectivity index (χ1) is 7.65. The Bertz CT molecular complexity index is 331. The number of hydrogen-bond acceptors (Lipinski definition) is 2. The smallest absolute Gasteiger partial charge is 0.137 e. The van der Waals surface area contributed by atoms with Crippen LogP contribution in [0.5, 0.6) is 0 Å². The largest absolute Gasteiger partial charge is 0.393 e. The monoisotopic (exact) mass is 290 g/mol. The fraction of sp³-hybridized carbons (Fsp3) is 0.500. The van der Waals surface area contributed by atoms with Gasteiger partial charge in [0, 0.05) is 13.2 Å². The van der Waals surface area contributed by atoms with Crippen LogP contribution in [-0.4, -0.2) is 24.4 Å². The molecule has 16 heavy (non-hydrogen) atoms. The maximum absolute atomic E-state index is 13.2. The molecule has 0 fully saturated rings. The molecule has 1 aromatic rings. The van der Waals surface area contributed by atoms with Gasteiger partial charge < -0.3 is 9.84 Å². The molecule has 1 atom stereocenters. The quantitative estimate of drug-likeness (QED) is 0.817.